The summed E-state index contributed by atoms with van der Waals surface area (Å²) in [5.74, 6) is 0.00357. The highest BCUT2D eigenvalue weighted by Crippen LogP contribution is 2.27. The second-order valence-electron chi connectivity index (χ2n) is 5.25. The van der Waals surface area contributed by atoms with Crippen LogP contribution in [0, 0.1) is 6.92 Å². The quantitative estimate of drug-likeness (QED) is 0.915. The topological polar surface area (TPSA) is 59.4 Å². The summed E-state index contributed by atoms with van der Waals surface area (Å²) in [5, 5.41) is 8.42. The molecule has 0 aliphatic carbocycles. The van der Waals surface area contributed by atoms with Crippen molar-refractivity contribution in [2.24, 2.45) is 7.05 Å². The molecular weight excluding hydrogens is 288 g/mol. The number of ether oxygens (including phenoxy) is 1. The number of fused-ring (bicyclic) bond motifs is 1. The Bertz CT molecular complexity index is 608. The van der Waals surface area contributed by atoms with Gasteiger partial charge in [0.2, 0.25) is 0 Å². The monoisotopic (exact) mass is 308 g/mol. The highest BCUT2D eigenvalue weighted by molar-refractivity contribution is 7.20. The fourth-order valence-electron chi connectivity index (χ4n) is 2.56. The Morgan fingerprint density at radius 1 is 1.48 bits per heavy atom. The van der Waals surface area contributed by atoms with E-state index in [4.69, 9.17) is 4.74 Å². The Morgan fingerprint density at radius 3 is 2.95 bits per heavy atom. The number of thiophene rings is 1. The van der Waals surface area contributed by atoms with Gasteiger partial charge in [0, 0.05) is 38.6 Å². The van der Waals surface area contributed by atoms with Crippen LogP contribution >= 0.6 is 11.3 Å². The largest absolute Gasteiger partial charge is 0.379 e. The molecule has 2 aromatic rings. The third kappa shape index (κ3) is 3.09. The molecule has 6 nitrogen and oxygen atoms in total. The van der Waals surface area contributed by atoms with Gasteiger partial charge in [0.05, 0.1) is 23.8 Å². The molecule has 0 radical (unpaired) electrons. The maximum absolute atomic E-state index is 12.2. The minimum atomic E-state index is 0.00357. The second kappa shape index (κ2) is 6.13. The number of nitrogens with one attached hydrogen (secondary N) is 1. The summed E-state index contributed by atoms with van der Waals surface area (Å²) in [6.45, 7) is 6.99. The molecule has 0 bridgehead atoms. The first kappa shape index (κ1) is 14.5. The Morgan fingerprint density at radius 2 is 2.24 bits per heavy atom. The van der Waals surface area contributed by atoms with E-state index in [1.165, 1.54) is 11.3 Å². The van der Waals surface area contributed by atoms with E-state index in [-0.39, 0.29) is 5.91 Å². The molecule has 1 saturated heterocycles. The molecule has 1 N–H and O–H groups in total. The van der Waals surface area contributed by atoms with Gasteiger partial charge in [0.1, 0.15) is 4.83 Å². The van der Waals surface area contributed by atoms with E-state index in [9.17, 15) is 4.79 Å². The van der Waals surface area contributed by atoms with Gasteiger partial charge in [0.25, 0.3) is 5.91 Å². The Hall–Kier alpha value is -1.44. The summed E-state index contributed by atoms with van der Waals surface area (Å²) >= 11 is 1.49. The van der Waals surface area contributed by atoms with Crippen LogP contribution in [0.1, 0.15) is 15.4 Å². The van der Waals surface area contributed by atoms with E-state index >= 15 is 0 Å². The van der Waals surface area contributed by atoms with Gasteiger partial charge in [-0.3, -0.25) is 14.4 Å². The van der Waals surface area contributed by atoms with Crippen molar-refractivity contribution >= 4 is 27.5 Å². The molecule has 1 fully saturated rings. The number of rotatable bonds is 4. The summed E-state index contributed by atoms with van der Waals surface area (Å²) in [6.07, 6.45) is 0. The van der Waals surface area contributed by atoms with Gasteiger partial charge in [-0.2, -0.15) is 5.10 Å². The van der Waals surface area contributed by atoms with Crippen molar-refractivity contribution in [1.29, 1.82) is 0 Å². The van der Waals surface area contributed by atoms with Gasteiger partial charge in [-0.15, -0.1) is 11.3 Å². The molecule has 0 aromatic carbocycles. The lowest BCUT2D eigenvalue weighted by atomic mass is 10.3. The lowest BCUT2D eigenvalue weighted by Crippen LogP contribution is -2.41. The molecule has 2 aromatic heterocycles. The second-order valence-corrected chi connectivity index (χ2v) is 6.28. The molecule has 3 rings (SSSR count). The molecule has 0 spiro atoms. The molecule has 114 valence electrons. The van der Waals surface area contributed by atoms with Crippen LogP contribution in [-0.2, 0) is 11.8 Å². The third-order valence-electron chi connectivity index (χ3n) is 3.74. The van der Waals surface area contributed by atoms with Gasteiger partial charge in [-0.05, 0) is 13.0 Å². The summed E-state index contributed by atoms with van der Waals surface area (Å²) in [6, 6.07) is 1.94. The van der Waals surface area contributed by atoms with E-state index in [0.29, 0.717) is 6.54 Å². The number of aryl methyl sites for hydroxylation is 2. The SMILES string of the molecule is Cc1nn(C)c2sc(C(=O)NCCN3CCOCC3)cc12. The number of carbonyl (C=O) groups excluding carboxylic acids is 1. The smallest absolute Gasteiger partial charge is 0.261 e. The lowest BCUT2D eigenvalue weighted by Gasteiger charge is -2.26. The molecule has 1 aliphatic rings. The van der Waals surface area contributed by atoms with Crippen molar-refractivity contribution in [2.45, 2.75) is 6.92 Å². The summed E-state index contributed by atoms with van der Waals surface area (Å²) in [4.78, 5) is 16.3. The molecule has 21 heavy (non-hydrogen) atoms. The average Bonchev–Trinajstić information content (AvgIpc) is 3.03. The van der Waals surface area contributed by atoms with Crippen LogP contribution in [0.2, 0.25) is 0 Å². The van der Waals surface area contributed by atoms with Crippen LogP contribution in [0.4, 0.5) is 0 Å². The fraction of sp³-hybridized carbons (Fsp3) is 0.571. The van der Waals surface area contributed by atoms with Crippen LogP contribution in [0.15, 0.2) is 6.07 Å². The first-order valence-corrected chi connectivity index (χ1v) is 7.98. The van der Waals surface area contributed by atoms with E-state index < -0.39 is 0 Å². The first-order chi connectivity index (χ1) is 10.1. The lowest BCUT2D eigenvalue weighted by molar-refractivity contribution is 0.0383. The zero-order valence-electron chi connectivity index (χ0n) is 12.4. The zero-order chi connectivity index (χ0) is 14.8. The fourth-order valence-corrected chi connectivity index (χ4v) is 3.60. The summed E-state index contributed by atoms with van der Waals surface area (Å²) < 4.78 is 7.14. The molecule has 0 saturated carbocycles. The van der Waals surface area contributed by atoms with Crippen LogP contribution in [-0.4, -0.2) is 60.0 Å². The van der Waals surface area contributed by atoms with E-state index in [1.807, 2.05) is 24.7 Å². The van der Waals surface area contributed by atoms with Crippen molar-refractivity contribution in [1.82, 2.24) is 20.0 Å². The predicted molar refractivity (Wildman–Crippen MR) is 82.9 cm³/mol. The number of hydrogen-bond donors (Lipinski definition) is 1. The van der Waals surface area contributed by atoms with E-state index in [0.717, 1.165) is 53.6 Å². The van der Waals surface area contributed by atoms with Crippen LogP contribution in [0.25, 0.3) is 10.2 Å². The minimum absolute atomic E-state index is 0.00357. The molecule has 7 heteroatoms. The molecule has 1 aliphatic heterocycles. The van der Waals surface area contributed by atoms with Gasteiger partial charge in [0.15, 0.2) is 0 Å². The van der Waals surface area contributed by atoms with Crippen LogP contribution in [0.5, 0.6) is 0 Å². The number of amides is 1. The van der Waals surface area contributed by atoms with Crippen LogP contribution < -0.4 is 5.32 Å². The molecule has 1 amide bonds. The Kier molecular flexibility index (Phi) is 4.23. The van der Waals surface area contributed by atoms with Gasteiger partial charge < -0.3 is 10.1 Å². The predicted octanol–water partition coefficient (Wildman–Crippen LogP) is 1.01. The number of carbonyl (C=O) groups is 1. The van der Waals surface area contributed by atoms with E-state index in [1.54, 1.807) is 0 Å². The van der Waals surface area contributed by atoms with Gasteiger partial charge >= 0.3 is 0 Å². The average molecular weight is 308 g/mol. The number of nitrogens with zero attached hydrogens (tertiary/aromatic N) is 3. The maximum atomic E-state index is 12.2. The van der Waals surface area contributed by atoms with Gasteiger partial charge in [-0.1, -0.05) is 0 Å². The summed E-state index contributed by atoms with van der Waals surface area (Å²) in [7, 11) is 1.91. The highest BCUT2D eigenvalue weighted by Gasteiger charge is 2.15. The van der Waals surface area contributed by atoms with E-state index in [2.05, 4.69) is 15.3 Å². The third-order valence-corrected chi connectivity index (χ3v) is 4.94. The molecule has 3 heterocycles. The zero-order valence-corrected chi connectivity index (χ0v) is 13.2. The molecule has 0 unspecified atom stereocenters. The maximum Gasteiger partial charge on any atom is 0.261 e. The Labute approximate surface area is 127 Å². The Balaban J connectivity index is 1.57. The number of morpholine rings is 1. The normalized spacial score (nSPS) is 16.5. The van der Waals surface area contributed by atoms with Crippen molar-refractivity contribution in [3.05, 3.63) is 16.6 Å². The van der Waals surface area contributed by atoms with Crippen molar-refractivity contribution in [2.75, 3.05) is 39.4 Å². The van der Waals surface area contributed by atoms with Crippen molar-refractivity contribution < 1.29 is 9.53 Å². The molecular formula is C14H20N4O2S. The summed E-state index contributed by atoms with van der Waals surface area (Å²) in [5.41, 5.74) is 0.969. The van der Waals surface area contributed by atoms with Crippen molar-refractivity contribution in [3.8, 4) is 0 Å². The van der Waals surface area contributed by atoms with Crippen molar-refractivity contribution in [3.63, 3.8) is 0 Å². The van der Waals surface area contributed by atoms with Gasteiger partial charge in [-0.25, -0.2) is 0 Å². The molecule has 0 atom stereocenters. The van der Waals surface area contributed by atoms with Crippen LogP contribution in [0.3, 0.4) is 0 Å². The number of aromatic nitrogens is 2. The standard InChI is InChI=1S/C14H20N4O2S/c1-10-11-9-12(21-14(11)17(2)16-10)13(19)15-3-4-18-5-7-20-8-6-18/h9H,3-8H2,1-2H3,(H,15,19). The highest BCUT2D eigenvalue weighted by atomic mass is 32.1. The first-order valence-electron chi connectivity index (χ1n) is 7.16. The minimum Gasteiger partial charge on any atom is -0.379 e. The number of hydrogen-bond acceptors (Lipinski definition) is 5.